The van der Waals surface area contributed by atoms with E-state index < -0.39 is 0 Å². The largest absolute Gasteiger partial charge is 0.425 e. The molecule has 5 rings (SSSR count). The van der Waals surface area contributed by atoms with Gasteiger partial charge in [0.15, 0.2) is 0 Å². The van der Waals surface area contributed by atoms with Crippen molar-refractivity contribution in [2.75, 3.05) is 18.0 Å². The molecule has 6 heteroatoms. The first-order valence-corrected chi connectivity index (χ1v) is 9.29. The van der Waals surface area contributed by atoms with Crippen LogP contribution in [-0.4, -0.2) is 33.3 Å². The number of hydrogen-bond acceptors (Lipinski definition) is 6. The average molecular weight is 325 g/mol. The van der Waals surface area contributed by atoms with Crippen LogP contribution >= 0.6 is 0 Å². The minimum Gasteiger partial charge on any atom is -0.425 e. The zero-order valence-corrected chi connectivity index (χ0v) is 13.9. The van der Waals surface area contributed by atoms with E-state index in [9.17, 15) is 0 Å². The summed E-state index contributed by atoms with van der Waals surface area (Å²) in [5.41, 5.74) is 2.65. The Bertz CT molecular complexity index is 731. The predicted octanol–water partition coefficient (Wildman–Crippen LogP) is 3.00. The maximum absolute atomic E-state index is 5.91. The lowest BCUT2D eigenvalue weighted by atomic mass is 9.93. The zero-order chi connectivity index (χ0) is 15.9. The highest BCUT2D eigenvalue weighted by Crippen LogP contribution is 2.40. The third-order valence-electron chi connectivity index (χ3n) is 5.63. The van der Waals surface area contributed by atoms with E-state index in [4.69, 9.17) is 4.42 Å². The molecule has 6 nitrogen and oxygen atoms in total. The van der Waals surface area contributed by atoms with Crippen molar-refractivity contribution < 1.29 is 4.42 Å². The fourth-order valence-electron chi connectivity index (χ4n) is 4.02. The highest BCUT2D eigenvalue weighted by Gasteiger charge is 2.32. The van der Waals surface area contributed by atoms with E-state index in [1.54, 1.807) is 6.33 Å². The van der Waals surface area contributed by atoms with E-state index >= 15 is 0 Å². The van der Waals surface area contributed by atoms with E-state index in [0.29, 0.717) is 11.8 Å². The van der Waals surface area contributed by atoms with Crippen LogP contribution in [0.2, 0.25) is 0 Å². The summed E-state index contributed by atoms with van der Waals surface area (Å²) in [5.74, 6) is 3.82. The Morgan fingerprint density at radius 3 is 2.33 bits per heavy atom. The molecule has 1 saturated carbocycles. The third-order valence-corrected chi connectivity index (χ3v) is 5.63. The van der Waals surface area contributed by atoms with Crippen molar-refractivity contribution in [1.29, 1.82) is 0 Å². The second-order valence-corrected chi connectivity index (χ2v) is 7.34. The van der Waals surface area contributed by atoms with Gasteiger partial charge in [-0.1, -0.05) is 0 Å². The Labute approximate surface area is 141 Å². The van der Waals surface area contributed by atoms with E-state index in [0.717, 1.165) is 50.6 Å². The van der Waals surface area contributed by atoms with Gasteiger partial charge in [-0.3, -0.25) is 0 Å². The van der Waals surface area contributed by atoms with Crippen molar-refractivity contribution >= 4 is 5.82 Å². The lowest BCUT2D eigenvalue weighted by molar-refractivity contribution is 0.375. The summed E-state index contributed by atoms with van der Waals surface area (Å²) in [5, 5.41) is 8.55. The van der Waals surface area contributed by atoms with E-state index in [1.165, 1.54) is 42.8 Å². The van der Waals surface area contributed by atoms with Crippen molar-refractivity contribution in [2.24, 2.45) is 0 Å². The molecular formula is C18H23N5O. The minimum atomic E-state index is 0.402. The number of aryl methyl sites for hydroxylation is 1. The van der Waals surface area contributed by atoms with Crippen LogP contribution in [0.15, 0.2) is 10.7 Å². The number of rotatable bonds is 3. The highest BCUT2D eigenvalue weighted by atomic mass is 16.4. The second-order valence-electron chi connectivity index (χ2n) is 7.34. The number of aromatic nitrogens is 4. The molecule has 0 aromatic carbocycles. The summed E-state index contributed by atoms with van der Waals surface area (Å²) in [4.78, 5) is 11.5. The lowest BCUT2D eigenvalue weighted by Crippen LogP contribution is -2.35. The molecule has 0 amide bonds. The number of anilines is 1. The highest BCUT2D eigenvalue weighted by molar-refractivity contribution is 5.50. The van der Waals surface area contributed by atoms with Crippen LogP contribution in [0.3, 0.4) is 0 Å². The van der Waals surface area contributed by atoms with Crippen LogP contribution in [0.5, 0.6) is 0 Å². The number of hydrogen-bond donors (Lipinski definition) is 0. The van der Waals surface area contributed by atoms with E-state index in [2.05, 4.69) is 25.1 Å². The van der Waals surface area contributed by atoms with Gasteiger partial charge in [0, 0.05) is 36.2 Å². The van der Waals surface area contributed by atoms with Gasteiger partial charge >= 0.3 is 0 Å². The first-order valence-electron chi connectivity index (χ1n) is 9.29. The molecule has 0 N–H and O–H groups in total. The molecule has 0 bridgehead atoms. The van der Waals surface area contributed by atoms with Gasteiger partial charge in [0.1, 0.15) is 12.1 Å². The third kappa shape index (κ3) is 2.58. The fraction of sp³-hybridized carbons (Fsp3) is 0.667. The Hall–Kier alpha value is -1.98. The molecule has 0 radical (unpaired) electrons. The summed E-state index contributed by atoms with van der Waals surface area (Å²) < 4.78 is 5.91. The molecule has 3 aliphatic rings. The Morgan fingerprint density at radius 2 is 1.58 bits per heavy atom. The molecule has 2 fully saturated rings. The maximum Gasteiger partial charge on any atom is 0.219 e. The van der Waals surface area contributed by atoms with Crippen LogP contribution in [0.4, 0.5) is 5.82 Å². The van der Waals surface area contributed by atoms with Gasteiger partial charge in [0.2, 0.25) is 11.8 Å². The molecule has 0 unspecified atom stereocenters. The van der Waals surface area contributed by atoms with Crippen molar-refractivity contribution in [3.8, 4) is 0 Å². The molecule has 2 aliphatic carbocycles. The van der Waals surface area contributed by atoms with Crippen molar-refractivity contribution in [3.63, 3.8) is 0 Å². The van der Waals surface area contributed by atoms with Crippen molar-refractivity contribution in [2.45, 2.75) is 63.2 Å². The van der Waals surface area contributed by atoms with Crippen LogP contribution in [0.1, 0.15) is 73.4 Å². The van der Waals surface area contributed by atoms with Crippen LogP contribution in [-0.2, 0) is 12.8 Å². The van der Waals surface area contributed by atoms with Crippen LogP contribution < -0.4 is 4.90 Å². The molecule has 2 aromatic rings. The first-order chi connectivity index (χ1) is 11.9. The van der Waals surface area contributed by atoms with Crippen molar-refractivity contribution in [3.05, 3.63) is 29.4 Å². The molecule has 1 saturated heterocycles. The second kappa shape index (κ2) is 5.83. The normalized spacial score (nSPS) is 21.8. The van der Waals surface area contributed by atoms with Gasteiger partial charge in [0.05, 0.1) is 0 Å². The van der Waals surface area contributed by atoms with E-state index in [1.807, 2.05) is 0 Å². The molecule has 1 aliphatic heterocycles. The van der Waals surface area contributed by atoms with Gasteiger partial charge in [-0.15, -0.1) is 10.2 Å². The first kappa shape index (κ1) is 14.4. The Morgan fingerprint density at radius 1 is 0.875 bits per heavy atom. The smallest absolute Gasteiger partial charge is 0.219 e. The molecular weight excluding hydrogens is 302 g/mol. The maximum atomic E-state index is 5.91. The average Bonchev–Trinajstić information content (AvgIpc) is 3.38. The Balaban J connectivity index is 1.30. The number of piperidine rings is 1. The summed E-state index contributed by atoms with van der Waals surface area (Å²) >= 11 is 0. The van der Waals surface area contributed by atoms with Crippen LogP contribution in [0, 0.1) is 0 Å². The topological polar surface area (TPSA) is 67.9 Å². The molecule has 2 aromatic heterocycles. The lowest BCUT2D eigenvalue weighted by Gasteiger charge is -2.33. The minimum absolute atomic E-state index is 0.402. The van der Waals surface area contributed by atoms with Gasteiger partial charge in [-0.2, -0.15) is 0 Å². The van der Waals surface area contributed by atoms with E-state index in [-0.39, 0.29) is 0 Å². The number of fused-ring (bicyclic) bond motifs is 1. The van der Waals surface area contributed by atoms with Gasteiger partial charge in [-0.25, -0.2) is 9.97 Å². The van der Waals surface area contributed by atoms with Gasteiger partial charge in [0.25, 0.3) is 0 Å². The Kier molecular flexibility index (Phi) is 3.49. The summed E-state index contributed by atoms with van der Waals surface area (Å²) in [6.45, 7) is 2.02. The molecule has 24 heavy (non-hydrogen) atoms. The summed E-state index contributed by atoms with van der Waals surface area (Å²) in [6, 6.07) is 0. The predicted molar refractivity (Wildman–Crippen MR) is 89.1 cm³/mol. The molecule has 3 heterocycles. The molecule has 0 spiro atoms. The van der Waals surface area contributed by atoms with Gasteiger partial charge < -0.3 is 9.32 Å². The fourth-order valence-corrected chi connectivity index (χ4v) is 4.02. The van der Waals surface area contributed by atoms with Crippen LogP contribution in [0.25, 0.3) is 0 Å². The van der Waals surface area contributed by atoms with Crippen molar-refractivity contribution in [1.82, 2.24) is 20.2 Å². The summed E-state index contributed by atoms with van der Waals surface area (Å²) in [6.07, 6.45) is 11.0. The SMILES string of the molecule is c1nc2c(c(N3CCC(c4nnc(C5CC5)o4)CC3)n1)CCCC2. The van der Waals surface area contributed by atoms with Gasteiger partial charge in [-0.05, 0) is 51.4 Å². The quantitative estimate of drug-likeness (QED) is 0.864. The standard InChI is InChI=1S/C18H23N5O/c1-2-4-15-14(3-1)16(20-11-19-15)23-9-7-13(8-10-23)18-22-21-17(24-18)12-5-6-12/h11-13H,1-10H2. The zero-order valence-electron chi connectivity index (χ0n) is 13.9. The number of nitrogens with zero attached hydrogens (tertiary/aromatic N) is 5. The molecule has 0 atom stereocenters. The monoisotopic (exact) mass is 325 g/mol. The summed E-state index contributed by atoms with van der Waals surface area (Å²) in [7, 11) is 0. The molecule has 126 valence electrons.